The summed E-state index contributed by atoms with van der Waals surface area (Å²) < 4.78 is 10.7. The van der Waals surface area contributed by atoms with Crippen LogP contribution in [0.15, 0.2) is 47.2 Å². The first-order chi connectivity index (χ1) is 10.3. The molecule has 0 saturated carbocycles. The fourth-order valence-corrected chi connectivity index (χ4v) is 1.89. The van der Waals surface area contributed by atoms with E-state index in [0.717, 1.165) is 11.3 Å². The molecule has 2 heterocycles. The molecule has 0 radical (unpaired) electrons. The quantitative estimate of drug-likeness (QED) is 0.792. The maximum atomic E-state index is 9.42. The van der Waals surface area contributed by atoms with Crippen LogP contribution < -0.4 is 4.74 Å². The second-order valence-corrected chi connectivity index (χ2v) is 4.32. The SMILES string of the molecule is CCOc1cccc(-c2noc(-c3cncc(O)c3)n2)c1. The number of rotatable bonds is 4. The predicted octanol–water partition coefficient (Wildman–Crippen LogP) is 2.90. The lowest BCUT2D eigenvalue weighted by Crippen LogP contribution is -1.91. The van der Waals surface area contributed by atoms with Crippen molar-refractivity contribution in [3.8, 4) is 34.3 Å². The van der Waals surface area contributed by atoms with Crippen molar-refractivity contribution in [1.82, 2.24) is 15.1 Å². The van der Waals surface area contributed by atoms with Crippen LogP contribution in [0, 0.1) is 0 Å². The average Bonchev–Trinajstić information content (AvgIpc) is 2.98. The Morgan fingerprint density at radius 3 is 2.90 bits per heavy atom. The molecule has 6 nitrogen and oxygen atoms in total. The van der Waals surface area contributed by atoms with Crippen molar-refractivity contribution in [1.29, 1.82) is 0 Å². The van der Waals surface area contributed by atoms with E-state index in [9.17, 15) is 5.11 Å². The van der Waals surface area contributed by atoms with Crippen LogP contribution in [-0.2, 0) is 0 Å². The van der Waals surface area contributed by atoms with E-state index in [-0.39, 0.29) is 5.75 Å². The third kappa shape index (κ3) is 2.84. The Morgan fingerprint density at radius 2 is 2.10 bits per heavy atom. The first-order valence-corrected chi connectivity index (χ1v) is 6.47. The molecule has 0 amide bonds. The summed E-state index contributed by atoms with van der Waals surface area (Å²) in [6, 6.07) is 8.97. The molecule has 1 aromatic carbocycles. The summed E-state index contributed by atoms with van der Waals surface area (Å²) in [7, 11) is 0. The van der Waals surface area contributed by atoms with Gasteiger partial charge in [-0.3, -0.25) is 4.98 Å². The third-order valence-electron chi connectivity index (χ3n) is 2.80. The van der Waals surface area contributed by atoms with E-state index >= 15 is 0 Å². The van der Waals surface area contributed by atoms with Gasteiger partial charge in [0.2, 0.25) is 5.82 Å². The zero-order valence-corrected chi connectivity index (χ0v) is 11.4. The van der Waals surface area contributed by atoms with Gasteiger partial charge in [0.15, 0.2) is 0 Å². The fourth-order valence-electron chi connectivity index (χ4n) is 1.89. The van der Waals surface area contributed by atoms with Gasteiger partial charge in [-0.05, 0) is 25.1 Å². The Hall–Kier alpha value is -2.89. The second-order valence-electron chi connectivity index (χ2n) is 4.32. The largest absolute Gasteiger partial charge is 0.506 e. The monoisotopic (exact) mass is 283 g/mol. The second kappa shape index (κ2) is 5.62. The average molecular weight is 283 g/mol. The van der Waals surface area contributed by atoms with E-state index < -0.39 is 0 Å². The molecule has 0 aliphatic carbocycles. The topological polar surface area (TPSA) is 81.3 Å². The van der Waals surface area contributed by atoms with E-state index in [1.165, 1.54) is 12.3 Å². The van der Waals surface area contributed by atoms with Crippen molar-refractivity contribution in [2.24, 2.45) is 0 Å². The van der Waals surface area contributed by atoms with Crippen LogP contribution in [0.2, 0.25) is 0 Å². The minimum Gasteiger partial charge on any atom is -0.506 e. The number of benzene rings is 1. The minimum atomic E-state index is 0.0468. The fraction of sp³-hybridized carbons (Fsp3) is 0.133. The van der Waals surface area contributed by atoms with Gasteiger partial charge < -0.3 is 14.4 Å². The Labute approximate surface area is 121 Å². The van der Waals surface area contributed by atoms with Crippen molar-refractivity contribution in [2.45, 2.75) is 6.92 Å². The molecular weight excluding hydrogens is 270 g/mol. The summed E-state index contributed by atoms with van der Waals surface area (Å²) in [5, 5.41) is 13.4. The molecule has 0 aliphatic rings. The summed E-state index contributed by atoms with van der Waals surface area (Å²) in [5.74, 6) is 1.55. The molecule has 0 aliphatic heterocycles. The zero-order chi connectivity index (χ0) is 14.7. The van der Waals surface area contributed by atoms with Crippen LogP contribution in [0.25, 0.3) is 22.8 Å². The van der Waals surface area contributed by atoms with Gasteiger partial charge in [-0.15, -0.1) is 0 Å². The van der Waals surface area contributed by atoms with Gasteiger partial charge in [0.25, 0.3) is 5.89 Å². The van der Waals surface area contributed by atoms with E-state index in [4.69, 9.17) is 9.26 Å². The number of nitrogens with zero attached hydrogens (tertiary/aromatic N) is 3. The molecular formula is C15H13N3O3. The molecule has 0 bridgehead atoms. The van der Waals surface area contributed by atoms with Gasteiger partial charge in [-0.2, -0.15) is 4.98 Å². The molecule has 3 aromatic rings. The molecule has 0 atom stereocenters. The molecule has 0 unspecified atom stereocenters. The number of ether oxygens (including phenoxy) is 1. The lowest BCUT2D eigenvalue weighted by molar-refractivity contribution is 0.340. The van der Waals surface area contributed by atoms with Crippen LogP contribution in [0.3, 0.4) is 0 Å². The minimum absolute atomic E-state index is 0.0468. The zero-order valence-electron chi connectivity index (χ0n) is 11.4. The number of hydrogen-bond donors (Lipinski definition) is 1. The van der Waals surface area contributed by atoms with Crippen LogP contribution >= 0.6 is 0 Å². The summed E-state index contributed by atoms with van der Waals surface area (Å²) in [5.41, 5.74) is 1.36. The van der Waals surface area contributed by atoms with E-state index in [1.54, 1.807) is 6.20 Å². The third-order valence-corrected chi connectivity index (χ3v) is 2.80. The van der Waals surface area contributed by atoms with Crippen LogP contribution in [0.5, 0.6) is 11.5 Å². The highest BCUT2D eigenvalue weighted by Crippen LogP contribution is 2.25. The van der Waals surface area contributed by atoms with Crippen molar-refractivity contribution < 1.29 is 14.4 Å². The van der Waals surface area contributed by atoms with Crippen molar-refractivity contribution in [2.75, 3.05) is 6.61 Å². The first-order valence-electron chi connectivity index (χ1n) is 6.47. The molecule has 0 spiro atoms. The molecule has 2 aromatic heterocycles. The number of aromatic hydroxyl groups is 1. The first kappa shape index (κ1) is 13.1. The van der Waals surface area contributed by atoms with Gasteiger partial charge >= 0.3 is 0 Å². The van der Waals surface area contributed by atoms with Gasteiger partial charge in [-0.25, -0.2) is 0 Å². The van der Waals surface area contributed by atoms with Gasteiger partial charge in [0.1, 0.15) is 11.5 Å². The van der Waals surface area contributed by atoms with Crippen LogP contribution in [0.4, 0.5) is 0 Å². The molecule has 3 rings (SSSR count). The maximum absolute atomic E-state index is 9.42. The van der Waals surface area contributed by atoms with Crippen molar-refractivity contribution in [3.05, 3.63) is 42.7 Å². The lowest BCUT2D eigenvalue weighted by Gasteiger charge is -2.02. The van der Waals surface area contributed by atoms with E-state index in [1.807, 2.05) is 31.2 Å². The molecule has 21 heavy (non-hydrogen) atoms. The van der Waals surface area contributed by atoms with Crippen molar-refractivity contribution >= 4 is 0 Å². The molecule has 6 heteroatoms. The lowest BCUT2D eigenvalue weighted by atomic mass is 10.2. The Bertz CT molecular complexity index is 755. The molecule has 0 fully saturated rings. The smallest absolute Gasteiger partial charge is 0.259 e. The normalized spacial score (nSPS) is 10.5. The van der Waals surface area contributed by atoms with Gasteiger partial charge in [-0.1, -0.05) is 17.3 Å². The molecule has 106 valence electrons. The maximum Gasteiger partial charge on any atom is 0.259 e. The predicted molar refractivity (Wildman–Crippen MR) is 75.8 cm³/mol. The van der Waals surface area contributed by atoms with Crippen LogP contribution in [-0.4, -0.2) is 26.8 Å². The van der Waals surface area contributed by atoms with Gasteiger partial charge in [0.05, 0.1) is 18.4 Å². The summed E-state index contributed by atoms with van der Waals surface area (Å²) in [6.45, 7) is 2.52. The highest BCUT2D eigenvalue weighted by molar-refractivity contribution is 5.61. The standard InChI is InChI=1S/C15H13N3O3/c1-2-20-13-5-3-4-10(7-13)14-17-15(21-18-14)11-6-12(19)9-16-8-11/h3-9,19H,2H2,1H3. The Balaban J connectivity index is 1.93. The number of pyridine rings is 1. The van der Waals surface area contributed by atoms with E-state index in [0.29, 0.717) is 23.9 Å². The molecule has 1 N–H and O–H groups in total. The summed E-state index contributed by atoms with van der Waals surface area (Å²) in [4.78, 5) is 8.19. The Morgan fingerprint density at radius 1 is 1.19 bits per heavy atom. The number of aromatic nitrogens is 3. The highest BCUT2D eigenvalue weighted by atomic mass is 16.5. The highest BCUT2D eigenvalue weighted by Gasteiger charge is 2.12. The van der Waals surface area contributed by atoms with E-state index in [2.05, 4.69) is 15.1 Å². The van der Waals surface area contributed by atoms with Gasteiger partial charge in [0, 0.05) is 11.8 Å². The summed E-state index contributed by atoms with van der Waals surface area (Å²) >= 11 is 0. The molecule has 0 saturated heterocycles. The number of hydrogen-bond acceptors (Lipinski definition) is 6. The van der Waals surface area contributed by atoms with Crippen LogP contribution in [0.1, 0.15) is 6.92 Å². The Kier molecular flexibility index (Phi) is 3.51. The summed E-state index contributed by atoms with van der Waals surface area (Å²) in [6.07, 6.45) is 2.89. The van der Waals surface area contributed by atoms with Crippen molar-refractivity contribution in [3.63, 3.8) is 0 Å².